The molecule has 2 unspecified atom stereocenters. The van der Waals surface area contributed by atoms with E-state index in [4.69, 9.17) is 9.47 Å². The van der Waals surface area contributed by atoms with Crippen molar-refractivity contribution in [2.24, 2.45) is 0 Å². The fraction of sp³-hybridized carbons (Fsp3) is 0.696. The molecule has 0 aliphatic rings. The molecule has 0 bridgehead atoms. The van der Waals surface area contributed by atoms with Crippen molar-refractivity contribution in [3.05, 3.63) is 128 Å². The van der Waals surface area contributed by atoms with E-state index in [0.717, 1.165) is 116 Å². The summed E-state index contributed by atoms with van der Waals surface area (Å²) in [5, 5.41) is 21.9. The molecule has 0 aliphatic heterocycles. The van der Waals surface area contributed by atoms with Crippen LogP contribution >= 0.6 is 0 Å². The molecule has 2 aromatic rings. The zero-order chi connectivity index (χ0) is 56.0. The van der Waals surface area contributed by atoms with Gasteiger partial charge < -0.3 is 9.47 Å². The highest BCUT2D eigenvalue weighted by Gasteiger charge is 2.20. The average Bonchev–Trinajstić information content (AvgIpc) is 3.44. The van der Waals surface area contributed by atoms with Gasteiger partial charge in [-0.15, -0.1) is 0 Å². The number of rotatable bonds is 54. The molecule has 2 aromatic carbocycles. The average molecular weight is 1080 g/mol. The fourth-order valence-corrected chi connectivity index (χ4v) is 10.3. The first-order chi connectivity index (χ1) is 38.3. The molecule has 0 saturated heterocycles. The second kappa shape index (κ2) is 51.9. The maximum atomic E-state index is 13.7. The summed E-state index contributed by atoms with van der Waals surface area (Å²) in [6, 6.07) is 13.9. The monoisotopic (exact) mass is 1080 g/mol. The summed E-state index contributed by atoms with van der Waals surface area (Å²) in [7, 11) is 0. The summed E-state index contributed by atoms with van der Waals surface area (Å²) in [4.78, 5) is 34.9. The number of unbranched alkanes of at least 4 members (excludes halogenated alkanes) is 30. The Balaban J connectivity index is 1.83. The van der Waals surface area contributed by atoms with Crippen molar-refractivity contribution in [2.45, 2.75) is 309 Å². The molecule has 0 aliphatic carbocycles. The van der Waals surface area contributed by atoms with Crippen LogP contribution in [0.1, 0.15) is 295 Å². The summed E-state index contributed by atoms with van der Waals surface area (Å²) in [6.07, 6.45) is 68.6. The van der Waals surface area contributed by atoms with Gasteiger partial charge in [0.25, 0.3) is 11.4 Å². The van der Waals surface area contributed by atoms with Gasteiger partial charge in [-0.05, 0) is 152 Å². The number of ether oxygens (including phenoxy) is 2. The van der Waals surface area contributed by atoms with Gasteiger partial charge in [0, 0.05) is 24.3 Å². The molecule has 2 rings (SSSR count). The molecule has 0 heterocycles. The van der Waals surface area contributed by atoms with Gasteiger partial charge in [0.15, 0.2) is 0 Å². The Morgan fingerprint density at radius 3 is 0.910 bits per heavy atom. The van der Waals surface area contributed by atoms with Crippen LogP contribution in [0, 0.1) is 20.2 Å². The maximum absolute atomic E-state index is 13.7. The number of carbonyl (C=O) groups is 1. The maximum Gasteiger partial charge on any atom is 0.508 e. The Hall–Kier alpha value is -4.53. The van der Waals surface area contributed by atoms with Gasteiger partial charge in [-0.25, -0.2) is 4.79 Å². The molecule has 0 spiro atoms. The molecule has 9 heteroatoms. The molecular weight excluding hydrogens is 969 g/mol. The lowest BCUT2D eigenvalue weighted by atomic mass is 10.0. The minimum atomic E-state index is -0.461. The summed E-state index contributed by atoms with van der Waals surface area (Å²) < 4.78 is 12.5. The van der Waals surface area contributed by atoms with Crippen molar-refractivity contribution in [1.82, 2.24) is 0 Å². The first kappa shape index (κ1) is 69.6. The second-order valence-corrected chi connectivity index (χ2v) is 22.3. The summed E-state index contributed by atoms with van der Waals surface area (Å²) >= 11 is 0. The minimum absolute atomic E-state index is 0.0967. The molecular formula is C69H112N2O7. The van der Waals surface area contributed by atoms with Crippen LogP contribution in [-0.4, -0.2) is 28.2 Å². The van der Waals surface area contributed by atoms with Gasteiger partial charge >= 0.3 is 6.16 Å². The van der Waals surface area contributed by atoms with Crippen molar-refractivity contribution >= 4 is 17.5 Å². The summed E-state index contributed by atoms with van der Waals surface area (Å²) in [6.45, 7) is 4.51. The van der Waals surface area contributed by atoms with Crippen molar-refractivity contribution in [3.8, 4) is 0 Å². The zero-order valence-electron chi connectivity index (χ0n) is 49.8. The van der Waals surface area contributed by atoms with E-state index in [0.29, 0.717) is 0 Å². The van der Waals surface area contributed by atoms with Gasteiger partial charge in [-0.2, -0.15) is 0 Å². The Kier molecular flexibility index (Phi) is 46.3. The van der Waals surface area contributed by atoms with Crippen LogP contribution in [0.4, 0.5) is 16.2 Å². The number of allylic oxidation sites excluding steroid dienone is 8. The SMILES string of the molecule is CCCCC/C=C\C/C=C\CCCCCCCC(CCCCCCCCCCc1ccc([N+](=O)[O-])cc1)OC(=O)OC(CCCCCCC/C=C\C/C=C\CCCCC)CCCCCCCCCCc1ccc([N+](=O)[O-])cc1. The molecule has 0 radical (unpaired) electrons. The van der Waals surface area contributed by atoms with Crippen molar-refractivity contribution in [2.75, 3.05) is 0 Å². The van der Waals surface area contributed by atoms with E-state index in [-0.39, 0.29) is 33.4 Å². The van der Waals surface area contributed by atoms with E-state index in [1.54, 1.807) is 24.3 Å². The van der Waals surface area contributed by atoms with Crippen LogP contribution in [0.25, 0.3) is 0 Å². The molecule has 0 aromatic heterocycles. The van der Waals surface area contributed by atoms with Gasteiger partial charge in [0.2, 0.25) is 0 Å². The highest BCUT2D eigenvalue weighted by atomic mass is 16.7. The lowest BCUT2D eigenvalue weighted by Gasteiger charge is -2.22. The predicted octanol–water partition coefficient (Wildman–Crippen LogP) is 22.8. The Labute approximate surface area is 476 Å². The van der Waals surface area contributed by atoms with E-state index >= 15 is 0 Å². The number of benzene rings is 2. The van der Waals surface area contributed by atoms with Crippen LogP contribution in [0.15, 0.2) is 97.1 Å². The Morgan fingerprint density at radius 1 is 0.372 bits per heavy atom. The number of nitro benzene ring substituents is 2. The largest absolute Gasteiger partial charge is 0.508 e. The van der Waals surface area contributed by atoms with Crippen molar-refractivity contribution < 1.29 is 24.1 Å². The van der Waals surface area contributed by atoms with Crippen LogP contribution in [0.5, 0.6) is 0 Å². The number of nitro groups is 2. The normalized spacial score (nSPS) is 12.6. The lowest BCUT2D eigenvalue weighted by molar-refractivity contribution is -0.385. The molecule has 78 heavy (non-hydrogen) atoms. The predicted molar refractivity (Wildman–Crippen MR) is 331 cm³/mol. The van der Waals surface area contributed by atoms with E-state index in [1.165, 1.54) is 178 Å². The fourth-order valence-electron chi connectivity index (χ4n) is 10.3. The molecule has 440 valence electrons. The van der Waals surface area contributed by atoms with Crippen LogP contribution in [0.3, 0.4) is 0 Å². The van der Waals surface area contributed by atoms with Crippen molar-refractivity contribution in [1.29, 1.82) is 0 Å². The number of nitrogens with zero attached hydrogens (tertiary/aromatic N) is 2. The minimum Gasteiger partial charge on any atom is -0.431 e. The highest BCUT2D eigenvalue weighted by molar-refractivity contribution is 5.60. The van der Waals surface area contributed by atoms with E-state index < -0.39 is 6.16 Å². The Morgan fingerprint density at radius 2 is 0.628 bits per heavy atom. The van der Waals surface area contributed by atoms with Gasteiger partial charge in [-0.3, -0.25) is 20.2 Å². The number of non-ortho nitro benzene ring substituents is 2. The standard InChI is InChI=1S/C69H112N2O7/c1-3-5-7-9-11-13-15-17-19-21-23-25-33-39-45-51-67(53-47-41-35-29-27-31-37-43-49-63-55-59-65(60-56-63)70(73)74)77-69(72)78-68(52-46-40-34-26-24-22-20-18-16-14-12-10-8-6-4-2)54-48-42-36-30-28-32-38-44-50-64-57-61-66(62-58-64)71(75)76/h11-14,17-20,55-62,67-68H,3-10,15-16,21-54H2,1-2H3/b13-11-,14-12-,19-17-,20-18-. The van der Waals surface area contributed by atoms with Gasteiger partial charge in [0.1, 0.15) is 12.2 Å². The zero-order valence-corrected chi connectivity index (χ0v) is 49.8. The quantitative estimate of drug-likeness (QED) is 0.0213. The summed E-state index contributed by atoms with van der Waals surface area (Å²) in [5.74, 6) is 0. The third kappa shape index (κ3) is 42.4. The second-order valence-electron chi connectivity index (χ2n) is 22.3. The van der Waals surface area contributed by atoms with Crippen LogP contribution in [-0.2, 0) is 22.3 Å². The van der Waals surface area contributed by atoms with E-state index in [2.05, 4.69) is 62.5 Å². The molecule has 0 N–H and O–H groups in total. The number of aryl methyl sites for hydroxylation is 2. The molecule has 2 atom stereocenters. The first-order valence-electron chi connectivity index (χ1n) is 32.3. The van der Waals surface area contributed by atoms with E-state index in [9.17, 15) is 25.0 Å². The number of hydrogen-bond acceptors (Lipinski definition) is 7. The number of carbonyl (C=O) groups excluding carboxylic acids is 1. The molecule has 0 saturated carbocycles. The van der Waals surface area contributed by atoms with Gasteiger partial charge in [0.05, 0.1) is 9.85 Å². The third-order valence-corrected chi connectivity index (χ3v) is 15.3. The third-order valence-electron chi connectivity index (χ3n) is 15.3. The summed E-state index contributed by atoms with van der Waals surface area (Å²) in [5.41, 5.74) is 2.64. The topological polar surface area (TPSA) is 122 Å². The van der Waals surface area contributed by atoms with Gasteiger partial charge in [-0.1, -0.05) is 228 Å². The smallest absolute Gasteiger partial charge is 0.431 e. The van der Waals surface area contributed by atoms with E-state index in [1.807, 2.05) is 24.3 Å². The lowest BCUT2D eigenvalue weighted by Crippen LogP contribution is -2.24. The van der Waals surface area contributed by atoms with Crippen molar-refractivity contribution in [3.63, 3.8) is 0 Å². The van der Waals surface area contributed by atoms with Crippen LogP contribution in [0.2, 0.25) is 0 Å². The first-order valence-corrected chi connectivity index (χ1v) is 32.3. The Bertz CT molecular complexity index is 1710. The van der Waals surface area contributed by atoms with Crippen LogP contribution < -0.4 is 0 Å². The molecule has 9 nitrogen and oxygen atoms in total. The number of hydrogen-bond donors (Lipinski definition) is 0. The molecule has 0 amide bonds. The highest BCUT2D eigenvalue weighted by Crippen LogP contribution is 2.23. The molecule has 0 fully saturated rings.